The second-order valence-corrected chi connectivity index (χ2v) is 25.8. The molecule has 0 radical (unpaired) electrons. The van der Waals surface area contributed by atoms with Crippen molar-refractivity contribution in [2.24, 2.45) is 0 Å². The van der Waals surface area contributed by atoms with Crippen LogP contribution in [0.1, 0.15) is 114 Å². The van der Waals surface area contributed by atoms with Crippen LogP contribution in [0.3, 0.4) is 0 Å². The number of aryl methyl sites for hydroxylation is 1. The molecule has 1 N–H and O–H groups in total. The van der Waals surface area contributed by atoms with Gasteiger partial charge in [0.05, 0.1) is 17.1 Å². The lowest BCUT2D eigenvalue weighted by Crippen LogP contribution is -2.34. The molecule has 82 heavy (non-hydrogen) atoms. The van der Waals surface area contributed by atoms with Gasteiger partial charge in [-0.05, 0) is 157 Å². The third kappa shape index (κ3) is 10.5. The highest BCUT2D eigenvalue weighted by atomic mass is 16.5. The van der Waals surface area contributed by atoms with Crippen molar-refractivity contribution in [1.29, 1.82) is 0 Å². The Morgan fingerprint density at radius 3 is 1.79 bits per heavy atom. The van der Waals surface area contributed by atoms with Gasteiger partial charge in [0.2, 0.25) is 0 Å². The molecule has 10 aromatic rings. The molecule has 0 spiro atoms. The van der Waals surface area contributed by atoms with E-state index in [0.29, 0.717) is 23.8 Å². The second kappa shape index (κ2) is 21.0. The zero-order valence-electron chi connectivity index (χ0n) is 52.2. The lowest BCUT2D eigenvalue weighted by molar-refractivity contribution is 0.333. The molecule has 0 bridgehead atoms. The number of nitrogens with one attached hydrogen (secondary N) is 1. The highest BCUT2D eigenvalue weighted by Crippen LogP contribution is 2.53. The molecule has 0 saturated carbocycles. The minimum absolute atomic E-state index is 0.0244. The lowest BCUT2D eigenvalue weighted by Gasteiger charge is -2.43. The number of benzene rings is 9. The number of fused-ring (bicyclic) bond motifs is 2. The minimum atomic E-state index is -2.39. The van der Waals surface area contributed by atoms with E-state index in [1.54, 1.807) is 12.3 Å². The van der Waals surface area contributed by atoms with Crippen molar-refractivity contribution in [3.8, 4) is 67.1 Å². The summed E-state index contributed by atoms with van der Waals surface area (Å²) in [7, 11) is 0. The number of rotatable bonds is 11. The van der Waals surface area contributed by atoms with Crippen molar-refractivity contribution in [3.63, 3.8) is 0 Å². The van der Waals surface area contributed by atoms with Gasteiger partial charge in [0.15, 0.2) is 0 Å². The van der Waals surface area contributed by atoms with E-state index in [2.05, 4.69) is 272 Å². The van der Waals surface area contributed by atoms with Gasteiger partial charge in [-0.1, -0.05) is 221 Å². The minimum Gasteiger partial charge on any atom is -0.457 e. The molecular weight excluding hydrogens is 997 g/mol. The molecule has 0 saturated heterocycles. The first-order chi connectivity index (χ1) is 40.5. The number of nitrogens with zero attached hydrogens (tertiary/aromatic N) is 3. The summed E-state index contributed by atoms with van der Waals surface area (Å²) < 4.78 is 33.3. The van der Waals surface area contributed by atoms with Crippen LogP contribution in [0.4, 0.5) is 34.3 Å². The summed E-state index contributed by atoms with van der Waals surface area (Å²) in [4.78, 5) is 9.85. The van der Waals surface area contributed by atoms with Crippen molar-refractivity contribution < 1.29 is 8.85 Å². The Balaban J connectivity index is 0.855. The Hall–Kier alpha value is -8.67. The van der Waals surface area contributed by atoms with E-state index in [-0.39, 0.29) is 27.2 Å². The summed E-state index contributed by atoms with van der Waals surface area (Å²) >= 11 is 0. The molecule has 0 fully saturated rings. The molecule has 1 aliphatic carbocycles. The van der Waals surface area contributed by atoms with Crippen molar-refractivity contribution in [3.05, 3.63) is 246 Å². The van der Waals surface area contributed by atoms with Gasteiger partial charge in [0, 0.05) is 50.0 Å². The van der Waals surface area contributed by atoms with E-state index in [9.17, 15) is 0 Å². The summed E-state index contributed by atoms with van der Waals surface area (Å²) in [5.74, 6) is 1.89. The zero-order chi connectivity index (χ0) is 59.6. The molecule has 12 rings (SSSR count). The van der Waals surface area contributed by atoms with Gasteiger partial charge in [0.25, 0.3) is 0 Å². The molecular formula is C77H76N4O. The third-order valence-electron chi connectivity index (χ3n) is 17.1. The quantitative estimate of drug-likeness (QED) is 0.140. The molecule has 0 amide bonds. The van der Waals surface area contributed by atoms with Crippen LogP contribution in [0.15, 0.2) is 219 Å². The van der Waals surface area contributed by atoms with E-state index in [4.69, 9.17) is 13.8 Å². The maximum absolute atomic E-state index is 8.85. The summed E-state index contributed by atoms with van der Waals surface area (Å²) in [6, 6.07) is 75.2. The smallest absolute Gasteiger partial charge is 0.130 e. The van der Waals surface area contributed by atoms with Crippen LogP contribution in [0.2, 0.25) is 0 Å². The van der Waals surface area contributed by atoms with Gasteiger partial charge in [-0.25, -0.2) is 4.98 Å². The molecule has 0 unspecified atom stereocenters. The fraction of sp³-hybridized carbons (Fsp3) is 0.234. The number of anilines is 6. The van der Waals surface area contributed by atoms with E-state index in [1.807, 2.05) is 18.2 Å². The molecule has 5 nitrogen and oxygen atoms in total. The standard InChI is InChI=1S/C77H76N4O/c1-51-43-71(78-49-66(51)65-31-22-32-67-72(65)77(10,11)42-41-76(67,8)9)79-68-47-57(74(2,3)4)37-40-62(68)54-35-38-60(39-36-54)82-61-28-20-27-59(48-61)80-50-81(70-34-19-18-33-69(70)80)73-63(53-25-16-13-17-26-53)29-21-30-64(73)56-44-55(52-23-14-12-15-24-52)45-58(46-56)75(5,6)7/h12-40,43-49H,41-42,50H2,1-11H3,(H,78,79)/i1D3. The van der Waals surface area contributed by atoms with E-state index in [1.165, 1.54) is 33.4 Å². The number of ether oxygens (including phenoxy) is 1. The normalized spacial score (nSPS) is 15.2. The van der Waals surface area contributed by atoms with Crippen LogP contribution >= 0.6 is 0 Å². The number of hydrogen-bond donors (Lipinski definition) is 1. The van der Waals surface area contributed by atoms with Crippen molar-refractivity contribution >= 4 is 34.3 Å². The zero-order valence-corrected chi connectivity index (χ0v) is 49.2. The van der Waals surface area contributed by atoms with Crippen molar-refractivity contribution in [1.82, 2.24) is 4.98 Å². The molecule has 1 aliphatic heterocycles. The number of hydrogen-bond acceptors (Lipinski definition) is 5. The molecule has 2 aliphatic rings. The molecule has 2 heterocycles. The maximum Gasteiger partial charge on any atom is 0.130 e. The maximum atomic E-state index is 8.85. The molecule has 1 aromatic heterocycles. The van der Waals surface area contributed by atoms with Gasteiger partial charge in [0.1, 0.15) is 24.0 Å². The summed E-state index contributed by atoms with van der Waals surface area (Å²) in [6.07, 6.45) is 3.85. The summed E-state index contributed by atoms with van der Waals surface area (Å²) in [6.45, 7) is 20.8. The monoisotopic (exact) mass is 1080 g/mol. The van der Waals surface area contributed by atoms with Crippen LogP contribution in [0, 0.1) is 6.85 Å². The van der Waals surface area contributed by atoms with Gasteiger partial charge < -0.3 is 19.9 Å². The first-order valence-corrected chi connectivity index (χ1v) is 29.0. The Labute approximate surface area is 491 Å². The Bertz CT molecular complexity index is 4110. The fourth-order valence-corrected chi connectivity index (χ4v) is 12.3. The average molecular weight is 1080 g/mol. The average Bonchev–Trinajstić information content (AvgIpc) is 3.76. The summed E-state index contributed by atoms with van der Waals surface area (Å²) in [5, 5.41) is 3.61. The van der Waals surface area contributed by atoms with Gasteiger partial charge in [-0.2, -0.15) is 0 Å². The molecule has 5 heteroatoms. The van der Waals surface area contributed by atoms with Crippen molar-refractivity contribution in [2.45, 2.75) is 111 Å². The predicted octanol–water partition coefficient (Wildman–Crippen LogP) is 21.5. The van der Waals surface area contributed by atoms with Crippen LogP contribution in [-0.2, 0) is 21.7 Å². The first-order valence-electron chi connectivity index (χ1n) is 30.5. The van der Waals surface area contributed by atoms with Crippen LogP contribution < -0.4 is 19.9 Å². The highest BCUT2D eigenvalue weighted by molar-refractivity contribution is 5.99. The predicted molar refractivity (Wildman–Crippen MR) is 347 cm³/mol. The first kappa shape index (κ1) is 50.3. The van der Waals surface area contributed by atoms with Gasteiger partial charge in [-0.3, -0.25) is 0 Å². The van der Waals surface area contributed by atoms with E-state index in [0.717, 1.165) is 86.0 Å². The summed E-state index contributed by atoms with van der Waals surface area (Å²) in [5.41, 5.74) is 20.6. The highest BCUT2D eigenvalue weighted by Gasteiger charge is 2.39. The number of aromatic nitrogens is 1. The van der Waals surface area contributed by atoms with Crippen LogP contribution in [0.5, 0.6) is 11.5 Å². The van der Waals surface area contributed by atoms with Crippen LogP contribution in [0.25, 0.3) is 55.6 Å². The Morgan fingerprint density at radius 1 is 0.476 bits per heavy atom. The largest absolute Gasteiger partial charge is 0.457 e. The fourth-order valence-electron chi connectivity index (χ4n) is 12.3. The Kier molecular flexibility index (Phi) is 12.9. The Morgan fingerprint density at radius 2 is 1.09 bits per heavy atom. The number of pyridine rings is 1. The van der Waals surface area contributed by atoms with E-state index >= 15 is 0 Å². The lowest BCUT2D eigenvalue weighted by atomic mass is 9.61. The number of para-hydroxylation sites is 3. The third-order valence-corrected chi connectivity index (χ3v) is 17.1. The van der Waals surface area contributed by atoms with Gasteiger partial charge in [-0.15, -0.1) is 0 Å². The molecule has 0 atom stereocenters. The SMILES string of the molecule is [2H]C([2H])([2H])c1cc(Nc2cc(C(C)(C)C)ccc2-c2ccc(Oc3cccc(N4CN(c5c(-c6ccccc6)cccc5-c5cc(-c6ccccc6)cc(C(C)(C)C)c5)c5ccccc54)c3)cc2)ncc1-c1cccc2c1C(C)(C)CCC2(C)C. The van der Waals surface area contributed by atoms with Gasteiger partial charge >= 0.3 is 0 Å². The van der Waals surface area contributed by atoms with Crippen molar-refractivity contribution in [2.75, 3.05) is 21.8 Å². The topological polar surface area (TPSA) is 40.6 Å². The molecule has 410 valence electrons. The second-order valence-electron chi connectivity index (χ2n) is 25.8. The van der Waals surface area contributed by atoms with Crippen LogP contribution in [-0.4, -0.2) is 11.7 Å². The van der Waals surface area contributed by atoms with E-state index < -0.39 is 6.85 Å². The molecule has 9 aromatic carbocycles.